The molecule has 0 bridgehead atoms. The van der Waals surface area contributed by atoms with Gasteiger partial charge in [-0.1, -0.05) is 25.5 Å². The van der Waals surface area contributed by atoms with Gasteiger partial charge >= 0.3 is 6.09 Å². The molecule has 3 aromatic rings. The standard InChI is InChI=1S/C22H28N6O6/c1-2-3-8-23-22(32)33-10-15-17(30)18(31)21(34-15)28-12-27-16-19(25-11-26-20(16)28)24-9-13-4-6-14(29)7-5-13/h4-7,11-12,15,17-18,21,29-31H,2-3,8-10H2,1H3,(H,23,32)(H,24,25,26). The highest BCUT2D eigenvalue weighted by Crippen LogP contribution is 2.32. The number of amides is 1. The Balaban J connectivity index is 1.43. The molecule has 1 fully saturated rings. The number of hydrogen-bond donors (Lipinski definition) is 5. The van der Waals surface area contributed by atoms with Gasteiger partial charge in [0.25, 0.3) is 0 Å². The molecule has 0 radical (unpaired) electrons. The number of unbranched alkanes of at least 4 members (excludes halogenated alkanes) is 1. The van der Waals surface area contributed by atoms with Crippen LogP contribution >= 0.6 is 0 Å². The fourth-order valence-corrected chi connectivity index (χ4v) is 3.64. The van der Waals surface area contributed by atoms with Crippen LogP contribution in [-0.4, -0.2) is 72.4 Å². The van der Waals surface area contributed by atoms with Crippen molar-refractivity contribution in [3.8, 4) is 5.75 Å². The van der Waals surface area contributed by atoms with Crippen molar-refractivity contribution < 1.29 is 29.6 Å². The molecule has 0 spiro atoms. The summed E-state index contributed by atoms with van der Waals surface area (Å²) < 4.78 is 12.4. The van der Waals surface area contributed by atoms with Gasteiger partial charge in [0.05, 0.1) is 6.33 Å². The first-order valence-electron chi connectivity index (χ1n) is 11.1. The Morgan fingerprint density at radius 1 is 1.18 bits per heavy atom. The van der Waals surface area contributed by atoms with Gasteiger partial charge in [-0.3, -0.25) is 4.57 Å². The molecule has 1 amide bonds. The molecule has 4 atom stereocenters. The van der Waals surface area contributed by atoms with Crippen LogP contribution in [0.15, 0.2) is 36.9 Å². The summed E-state index contributed by atoms with van der Waals surface area (Å²) in [5.41, 5.74) is 1.79. The minimum Gasteiger partial charge on any atom is -0.508 e. The van der Waals surface area contributed by atoms with Crippen LogP contribution in [0.1, 0.15) is 31.6 Å². The molecule has 0 saturated carbocycles. The highest BCUT2D eigenvalue weighted by atomic mass is 16.6. The number of nitrogens with zero attached hydrogens (tertiary/aromatic N) is 4. The van der Waals surface area contributed by atoms with E-state index in [1.165, 1.54) is 17.2 Å². The molecule has 1 saturated heterocycles. The van der Waals surface area contributed by atoms with Crippen LogP contribution in [0.4, 0.5) is 10.6 Å². The van der Waals surface area contributed by atoms with Crippen molar-refractivity contribution in [2.45, 2.75) is 50.8 Å². The number of phenols is 1. The molecule has 1 aliphatic rings. The summed E-state index contributed by atoms with van der Waals surface area (Å²) in [4.78, 5) is 24.6. The zero-order valence-corrected chi connectivity index (χ0v) is 18.7. The average molecular weight is 473 g/mol. The second-order valence-corrected chi connectivity index (χ2v) is 7.99. The van der Waals surface area contributed by atoms with Crippen molar-refractivity contribution in [1.29, 1.82) is 0 Å². The van der Waals surface area contributed by atoms with Gasteiger partial charge in [0.2, 0.25) is 0 Å². The summed E-state index contributed by atoms with van der Waals surface area (Å²) >= 11 is 0. The number of aromatic hydroxyl groups is 1. The number of fused-ring (bicyclic) bond motifs is 1. The predicted molar refractivity (Wildman–Crippen MR) is 121 cm³/mol. The number of imidazole rings is 1. The normalized spacial score (nSPS) is 22.1. The number of aliphatic hydroxyl groups excluding tert-OH is 2. The molecule has 3 heterocycles. The third-order valence-electron chi connectivity index (χ3n) is 5.54. The van der Waals surface area contributed by atoms with E-state index in [1.54, 1.807) is 24.3 Å². The Kier molecular flexibility index (Phi) is 7.40. The quantitative estimate of drug-likeness (QED) is 0.287. The molecule has 0 aliphatic carbocycles. The van der Waals surface area contributed by atoms with Crippen LogP contribution in [0.2, 0.25) is 0 Å². The van der Waals surface area contributed by atoms with Crippen LogP contribution < -0.4 is 10.6 Å². The van der Waals surface area contributed by atoms with E-state index in [0.717, 1.165) is 18.4 Å². The fraction of sp³-hybridized carbons (Fsp3) is 0.455. The van der Waals surface area contributed by atoms with Crippen molar-refractivity contribution >= 4 is 23.1 Å². The van der Waals surface area contributed by atoms with Crippen LogP contribution in [0, 0.1) is 0 Å². The molecule has 4 rings (SSSR count). The van der Waals surface area contributed by atoms with Crippen molar-refractivity contribution in [3.63, 3.8) is 0 Å². The number of ether oxygens (including phenoxy) is 2. The second kappa shape index (κ2) is 10.6. The summed E-state index contributed by atoms with van der Waals surface area (Å²) in [7, 11) is 0. The number of benzene rings is 1. The van der Waals surface area contributed by atoms with Gasteiger partial charge in [-0.25, -0.2) is 19.7 Å². The van der Waals surface area contributed by atoms with E-state index in [0.29, 0.717) is 30.1 Å². The number of hydrogen-bond acceptors (Lipinski definition) is 10. The largest absolute Gasteiger partial charge is 0.508 e. The number of phenolic OH excluding ortho intramolecular Hbond substituents is 1. The molecule has 1 aliphatic heterocycles. The first-order valence-corrected chi connectivity index (χ1v) is 11.1. The Morgan fingerprint density at radius 2 is 1.97 bits per heavy atom. The van der Waals surface area contributed by atoms with Gasteiger partial charge in [-0.2, -0.15) is 0 Å². The van der Waals surface area contributed by atoms with Gasteiger partial charge in [0, 0.05) is 13.1 Å². The maximum Gasteiger partial charge on any atom is 0.407 e. The lowest BCUT2D eigenvalue weighted by Gasteiger charge is -2.16. The maximum absolute atomic E-state index is 11.8. The minimum absolute atomic E-state index is 0.185. The van der Waals surface area contributed by atoms with Crippen molar-refractivity contribution in [3.05, 3.63) is 42.5 Å². The van der Waals surface area contributed by atoms with E-state index in [-0.39, 0.29) is 12.4 Å². The lowest BCUT2D eigenvalue weighted by Crippen LogP contribution is -2.36. The van der Waals surface area contributed by atoms with E-state index in [9.17, 15) is 20.1 Å². The van der Waals surface area contributed by atoms with E-state index >= 15 is 0 Å². The Morgan fingerprint density at radius 3 is 2.74 bits per heavy atom. The molecular formula is C22H28N6O6. The highest BCUT2D eigenvalue weighted by molar-refractivity contribution is 5.82. The molecule has 182 valence electrons. The van der Waals surface area contributed by atoms with Crippen molar-refractivity contribution in [2.75, 3.05) is 18.5 Å². The van der Waals surface area contributed by atoms with E-state index < -0.39 is 30.6 Å². The maximum atomic E-state index is 11.8. The molecule has 34 heavy (non-hydrogen) atoms. The van der Waals surface area contributed by atoms with Crippen LogP contribution in [0.3, 0.4) is 0 Å². The third kappa shape index (κ3) is 5.19. The van der Waals surface area contributed by atoms with E-state index in [2.05, 4.69) is 25.6 Å². The number of rotatable bonds is 9. The number of carbonyl (C=O) groups excluding carboxylic acids is 1. The van der Waals surface area contributed by atoms with Gasteiger partial charge in [0.15, 0.2) is 23.2 Å². The van der Waals surface area contributed by atoms with Crippen molar-refractivity contribution in [2.24, 2.45) is 0 Å². The molecule has 12 nitrogen and oxygen atoms in total. The first kappa shape index (κ1) is 23.7. The number of aliphatic hydroxyl groups is 2. The molecule has 2 aromatic heterocycles. The lowest BCUT2D eigenvalue weighted by molar-refractivity contribution is -0.0533. The zero-order valence-electron chi connectivity index (χ0n) is 18.7. The molecule has 12 heteroatoms. The number of alkyl carbamates (subject to hydrolysis) is 1. The molecule has 4 unspecified atom stereocenters. The van der Waals surface area contributed by atoms with Crippen molar-refractivity contribution in [1.82, 2.24) is 24.8 Å². The molecule has 5 N–H and O–H groups in total. The van der Waals surface area contributed by atoms with E-state index in [1.807, 2.05) is 6.92 Å². The van der Waals surface area contributed by atoms with Crippen LogP contribution in [0.25, 0.3) is 11.2 Å². The van der Waals surface area contributed by atoms with Gasteiger partial charge in [-0.15, -0.1) is 0 Å². The van der Waals surface area contributed by atoms with E-state index in [4.69, 9.17) is 9.47 Å². The smallest absolute Gasteiger partial charge is 0.407 e. The number of nitrogens with one attached hydrogen (secondary N) is 2. The number of aromatic nitrogens is 4. The first-order chi connectivity index (χ1) is 16.5. The molecule has 1 aromatic carbocycles. The fourth-order valence-electron chi connectivity index (χ4n) is 3.64. The topological polar surface area (TPSA) is 164 Å². The third-order valence-corrected chi connectivity index (χ3v) is 5.54. The summed E-state index contributed by atoms with van der Waals surface area (Å²) in [5.74, 6) is 0.665. The summed E-state index contributed by atoms with van der Waals surface area (Å²) in [6.07, 6.45) is -0.454. The number of carbonyl (C=O) groups is 1. The minimum atomic E-state index is -1.28. The Labute approximate surface area is 195 Å². The summed E-state index contributed by atoms with van der Waals surface area (Å²) in [6, 6.07) is 6.77. The van der Waals surface area contributed by atoms with Gasteiger partial charge in [0.1, 0.15) is 37.0 Å². The summed E-state index contributed by atoms with van der Waals surface area (Å²) in [6.45, 7) is 2.74. The Hall–Kier alpha value is -3.48. The lowest BCUT2D eigenvalue weighted by atomic mass is 10.1. The second-order valence-electron chi connectivity index (χ2n) is 7.99. The SMILES string of the molecule is CCCCNC(=O)OCC1OC(n2cnc3c(NCc4ccc(O)cc4)ncnc32)C(O)C1O. The summed E-state index contributed by atoms with van der Waals surface area (Å²) in [5, 5.41) is 36.2. The van der Waals surface area contributed by atoms with Crippen LogP contribution in [0.5, 0.6) is 5.75 Å². The van der Waals surface area contributed by atoms with Gasteiger partial charge < -0.3 is 35.4 Å². The molecular weight excluding hydrogens is 444 g/mol. The van der Waals surface area contributed by atoms with Crippen LogP contribution in [-0.2, 0) is 16.0 Å². The average Bonchev–Trinajstić information content (AvgIpc) is 3.39. The monoisotopic (exact) mass is 472 g/mol. The number of anilines is 1. The Bertz CT molecular complexity index is 1110. The van der Waals surface area contributed by atoms with Gasteiger partial charge in [-0.05, 0) is 24.1 Å². The zero-order chi connectivity index (χ0) is 24.1. The predicted octanol–water partition coefficient (Wildman–Crippen LogP) is 1.29. The highest BCUT2D eigenvalue weighted by Gasteiger charge is 2.45.